The molecule has 0 spiro atoms. The van der Waals surface area contributed by atoms with Crippen LogP contribution in [-0.4, -0.2) is 41.0 Å². The minimum absolute atomic E-state index is 0.0538. The van der Waals surface area contributed by atoms with E-state index in [9.17, 15) is 9.90 Å². The maximum Gasteiger partial charge on any atom is 0.253 e. The van der Waals surface area contributed by atoms with E-state index >= 15 is 0 Å². The Hall–Kier alpha value is -1.16. The van der Waals surface area contributed by atoms with Gasteiger partial charge in [0.1, 0.15) is 5.75 Å². The molecule has 1 atom stereocenters. The van der Waals surface area contributed by atoms with Crippen molar-refractivity contribution in [1.82, 2.24) is 4.90 Å². The third kappa shape index (κ3) is 3.40. The van der Waals surface area contributed by atoms with Gasteiger partial charge in [0.15, 0.2) is 0 Å². The average molecular weight is 253 g/mol. The number of phenols is 1. The Kier molecular flexibility index (Phi) is 4.87. The number of aromatic hydroxyl groups is 1. The first kappa shape index (κ1) is 13.9. The summed E-state index contributed by atoms with van der Waals surface area (Å²) in [5.41, 5.74) is 1.31. The molecule has 1 amide bonds. The van der Waals surface area contributed by atoms with Crippen LogP contribution >= 0.6 is 11.8 Å². The van der Waals surface area contributed by atoms with E-state index in [-0.39, 0.29) is 17.7 Å². The zero-order chi connectivity index (χ0) is 13.0. The Morgan fingerprint density at radius 3 is 2.71 bits per heavy atom. The summed E-state index contributed by atoms with van der Waals surface area (Å²) in [7, 11) is 1.79. The van der Waals surface area contributed by atoms with Crippen molar-refractivity contribution in [1.29, 1.82) is 0 Å². The Morgan fingerprint density at radius 1 is 1.53 bits per heavy atom. The highest BCUT2D eigenvalue weighted by Crippen LogP contribution is 2.19. The number of hydrogen-bond acceptors (Lipinski definition) is 3. The Balaban J connectivity index is 2.85. The van der Waals surface area contributed by atoms with Gasteiger partial charge < -0.3 is 10.0 Å². The van der Waals surface area contributed by atoms with E-state index < -0.39 is 0 Å². The molecule has 0 aliphatic carbocycles. The highest BCUT2D eigenvalue weighted by Gasteiger charge is 2.17. The van der Waals surface area contributed by atoms with Crippen LogP contribution in [-0.2, 0) is 0 Å². The maximum atomic E-state index is 12.1. The third-order valence-electron chi connectivity index (χ3n) is 2.85. The first-order valence-corrected chi connectivity index (χ1v) is 6.92. The largest absolute Gasteiger partial charge is 0.508 e. The predicted molar refractivity (Wildman–Crippen MR) is 72.8 cm³/mol. The van der Waals surface area contributed by atoms with Gasteiger partial charge in [-0.25, -0.2) is 0 Å². The van der Waals surface area contributed by atoms with E-state index in [0.29, 0.717) is 5.56 Å². The molecule has 1 rings (SSSR count). The molecule has 0 saturated carbocycles. The second-order valence-electron chi connectivity index (χ2n) is 4.22. The van der Waals surface area contributed by atoms with Crippen LogP contribution in [0.3, 0.4) is 0 Å². The topological polar surface area (TPSA) is 40.5 Å². The lowest BCUT2D eigenvalue weighted by Gasteiger charge is -2.24. The van der Waals surface area contributed by atoms with Crippen molar-refractivity contribution >= 4 is 17.7 Å². The quantitative estimate of drug-likeness (QED) is 0.896. The second kappa shape index (κ2) is 5.96. The first-order valence-electron chi connectivity index (χ1n) is 5.53. The van der Waals surface area contributed by atoms with E-state index in [0.717, 1.165) is 11.3 Å². The normalized spacial score (nSPS) is 12.2. The van der Waals surface area contributed by atoms with Crippen molar-refractivity contribution in [2.75, 3.05) is 19.1 Å². The molecule has 0 heterocycles. The molecule has 0 saturated heterocycles. The van der Waals surface area contributed by atoms with Crippen LogP contribution in [0.15, 0.2) is 18.2 Å². The van der Waals surface area contributed by atoms with Crippen LogP contribution in [0.4, 0.5) is 0 Å². The van der Waals surface area contributed by atoms with Gasteiger partial charge in [-0.1, -0.05) is 6.07 Å². The number of aryl methyl sites for hydroxylation is 1. The number of benzene rings is 1. The number of phenolic OH excluding ortho intramolecular Hbond substituents is 1. The fourth-order valence-electron chi connectivity index (χ4n) is 1.50. The van der Waals surface area contributed by atoms with E-state index in [2.05, 4.69) is 0 Å². The summed E-state index contributed by atoms with van der Waals surface area (Å²) in [5.74, 6) is 1.02. The van der Waals surface area contributed by atoms with Gasteiger partial charge in [-0.05, 0) is 37.8 Å². The van der Waals surface area contributed by atoms with E-state index in [1.165, 1.54) is 6.07 Å². The summed E-state index contributed by atoms with van der Waals surface area (Å²) < 4.78 is 0. The minimum Gasteiger partial charge on any atom is -0.508 e. The van der Waals surface area contributed by atoms with Gasteiger partial charge in [0.05, 0.1) is 0 Å². The van der Waals surface area contributed by atoms with Gasteiger partial charge in [0.25, 0.3) is 5.91 Å². The summed E-state index contributed by atoms with van der Waals surface area (Å²) in [6.07, 6.45) is 2.02. The van der Waals surface area contributed by atoms with Crippen LogP contribution in [0.5, 0.6) is 5.75 Å². The second-order valence-corrected chi connectivity index (χ2v) is 5.13. The summed E-state index contributed by atoms with van der Waals surface area (Å²) in [6, 6.07) is 5.22. The van der Waals surface area contributed by atoms with E-state index in [1.54, 1.807) is 35.8 Å². The summed E-state index contributed by atoms with van der Waals surface area (Å²) in [6.45, 7) is 3.83. The summed E-state index contributed by atoms with van der Waals surface area (Å²) in [5, 5.41) is 9.60. The van der Waals surface area contributed by atoms with Crippen molar-refractivity contribution in [2.24, 2.45) is 0 Å². The highest BCUT2D eigenvalue weighted by atomic mass is 32.2. The van der Waals surface area contributed by atoms with Gasteiger partial charge >= 0.3 is 0 Å². The minimum atomic E-state index is -0.0538. The lowest BCUT2D eigenvalue weighted by molar-refractivity contribution is 0.0757. The van der Waals surface area contributed by atoms with Gasteiger partial charge in [0, 0.05) is 24.4 Å². The first-order chi connectivity index (χ1) is 7.97. The molecule has 0 aliphatic rings. The summed E-state index contributed by atoms with van der Waals surface area (Å²) >= 11 is 1.71. The molecular formula is C13H19NO2S. The molecular weight excluding hydrogens is 234 g/mol. The van der Waals surface area contributed by atoms with Gasteiger partial charge in [-0.2, -0.15) is 11.8 Å². The Morgan fingerprint density at radius 2 is 2.18 bits per heavy atom. The fraction of sp³-hybridized carbons (Fsp3) is 0.462. The summed E-state index contributed by atoms with van der Waals surface area (Å²) in [4.78, 5) is 13.8. The smallest absolute Gasteiger partial charge is 0.253 e. The SMILES string of the molecule is CSCC(C)N(C)C(=O)c1ccc(C)c(O)c1. The number of thioether (sulfide) groups is 1. The maximum absolute atomic E-state index is 12.1. The molecule has 0 bridgehead atoms. The van der Waals surface area contributed by atoms with Crippen molar-refractivity contribution in [2.45, 2.75) is 19.9 Å². The van der Waals surface area contributed by atoms with Crippen LogP contribution in [0.1, 0.15) is 22.8 Å². The van der Waals surface area contributed by atoms with Gasteiger partial charge in [0.2, 0.25) is 0 Å². The Bertz CT molecular complexity index is 406. The van der Waals surface area contributed by atoms with Crippen molar-refractivity contribution in [3.63, 3.8) is 0 Å². The van der Waals surface area contributed by atoms with Crippen LogP contribution in [0.25, 0.3) is 0 Å². The molecule has 0 aliphatic heterocycles. The number of carbonyl (C=O) groups excluding carboxylic acids is 1. The lowest BCUT2D eigenvalue weighted by Crippen LogP contribution is -2.36. The zero-order valence-electron chi connectivity index (χ0n) is 10.7. The number of nitrogens with zero attached hydrogens (tertiary/aromatic N) is 1. The average Bonchev–Trinajstić information content (AvgIpc) is 2.31. The molecule has 0 radical (unpaired) electrons. The molecule has 0 fully saturated rings. The van der Waals surface area contributed by atoms with Crippen molar-refractivity contribution in [3.05, 3.63) is 29.3 Å². The van der Waals surface area contributed by atoms with E-state index in [1.807, 2.05) is 20.1 Å². The van der Waals surface area contributed by atoms with Gasteiger partial charge in [-0.3, -0.25) is 4.79 Å². The molecule has 3 nitrogen and oxygen atoms in total. The molecule has 4 heteroatoms. The van der Waals surface area contributed by atoms with Gasteiger partial charge in [-0.15, -0.1) is 0 Å². The van der Waals surface area contributed by atoms with Crippen molar-refractivity contribution in [3.8, 4) is 5.75 Å². The Labute approximate surface area is 107 Å². The number of amides is 1. The molecule has 94 valence electrons. The number of hydrogen-bond donors (Lipinski definition) is 1. The standard InChI is InChI=1S/C13H19NO2S/c1-9-5-6-11(7-12(9)15)13(16)14(3)10(2)8-17-4/h5-7,10,15H,8H2,1-4H3. The van der Waals surface area contributed by atoms with Crippen LogP contribution in [0, 0.1) is 6.92 Å². The monoisotopic (exact) mass is 253 g/mol. The molecule has 17 heavy (non-hydrogen) atoms. The fourth-order valence-corrected chi connectivity index (χ4v) is 2.21. The molecule has 1 aromatic carbocycles. The van der Waals surface area contributed by atoms with Crippen LogP contribution in [0.2, 0.25) is 0 Å². The van der Waals surface area contributed by atoms with Crippen LogP contribution < -0.4 is 0 Å². The highest BCUT2D eigenvalue weighted by molar-refractivity contribution is 7.98. The lowest BCUT2D eigenvalue weighted by atomic mass is 10.1. The molecule has 1 unspecified atom stereocenters. The predicted octanol–water partition coefficient (Wildman–Crippen LogP) is 2.52. The number of carbonyl (C=O) groups is 1. The third-order valence-corrected chi connectivity index (χ3v) is 3.66. The van der Waals surface area contributed by atoms with E-state index in [4.69, 9.17) is 0 Å². The molecule has 1 aromatic rings. The molecule has 0 aromatic heterocycles. The zero-order valence-corrected chi connectivity index (χ0v) is 11.5. The molecule has 1 N–H and O–H groups in total. The van der Waals surface area contributed by atoms with Crippen molar-refractivity contribution < 1.29 is 9.90 Å². The number of rotatable bonds is 4.